The Hall–Kier alpha value is -1.06. The maximum Gasteiger partial charge on any atom is 0.115 e. The van der Waals surface area contributed by atoms with Gasteiger partial charge in [-0.05, 0) is 36.6 Å². The zero-order valence-electron chi connectivity index (χ0n) is 7.48. The van der Waals surface area contributed by atoms with Gasteiger partial charge in [-0.25, -0.2) is 0 Å². The van der Waals surface area contributed by atoms with Crippen molar-refractivity contribution in [2.75, 3.05) is 13.2 Å². The van der Waals surface area contributed by atoms with Crippen LogP contribution >= 0.6 is 0 Å². The molecule has 0 radical (unpaired) electrons. The average molecular weight is 181 g/mol. The lowest BCUT2D eigenvalue weighted by Crippen LogP contribution is -2.20. The van der Waals surface area contributed by atoms with Gasteiger partial charge < -0.3 is 15.9 Å². The molecule has 0 saturated carbocycles. The third-order valence-electron chi connectivity index (χ3n) is 2.05. The van der Waals surface area contributed by atoms with Gasteiger partial charge in [-0.2, -0.15) is 0 Å². The number of phenolic OH excluding ortho intramolecular Hbond substituents is 1. The molecule has 0 aliphatic heterocycles. The maximum atomic E-state index is 9.03. The molecule has 0 bridgehead atoms. The summed E-state index contributed by atoms with van der Waals surface area (Å²) in [4.78, 5) is 0. The fourth-order valence-electron chi connectivity index (χ4n) is 1.19. The standard InChI is InChI=1S/C10H15NO2/c11-6-9(7-12)5-8-1-3-10(13)4-2-8/h1-4,9,12-13H,5-7,11H2. The van der Waals surface area contributed by atoms with Gasteiger partial charge in [0.05, 0.1) is 0 Å². The number of rotatable bonds is 4. The SMILES string of the molecule is NCC(CO)Cc1ccc(O)cc1. The number of aliphatic hydroxyl groups is 1. The molecule has 72 valence electrons. The van der Waals surface area contributed by atoms with Crippen molar-refractivity contribution in [1.29, 1.82) is 0 Å². The number of nitrogens with two attached hydrogens (primary N) is 1. The van der Waals surface area contributed by atoms with E-state index in [2.05, 4.69) is 0 Å². The van der Waals surface area contributed by atoms with E-state index >= 15 is 0 Å². The Kier molecular flexibility index (Phi) is 3.73. The van der Waals surface area contributed by atoms with Gasteiger partial charge in [0, 0.05) is 6.61 Å². The molecule has 1 atom stereocenters. The van der Waals surface area contributed by atoms with Crippen LogP contribution in [0, 0.1) is 5.92 Å². The van der Waals surface area contributed by atoms with Crippen molar-refractivity contribution in [3.05, 3.63) is 29.8 Å². The van der Waals surface area contributed by atoms with Crippen LogP contribution < -0.4 is 5.73 Å². The second-order valence-corrected chi connectivity index (χ2v) is 3.15. The summed E-state index contributed by atoms with van der Waals surface area (Å²) in [7, 11) is 0. The molecular formula is C10H15NO2. The second kappa shape index (κ2) is 4.84. The molecule has 3 heteroatoms. The summed E-state index contributed by atoms with van der Waals surface area (Å²) < 4.78 is 0. The minimum absolute atomic E-state index is 0.109. The number of aliphatic hydroxyl groups excluding tert-OH is 1. The number of hydrogen-bond donors (Lipinski definition) is 3. The molecule has 3 nitrogen and oxygen atoms in total. The molecule has 0 aliphatic carbocycles. The Morgan fingerprint density at radius 1 is 1.23 bits per heavy atom. The lowest BCUT2D eigenvalue weighted by Gasteiger charge is -2.10. The van der Waals surface area contributed by atoms with Gasteiger partial charge in [0.25, 0.3) is 0 Å². The first kappa shape index (κ1) is 10.0. The highest BCUT2D eigenvalue weighted by Crippen LogP contribution is 2.12. The number of phenols is 1. The van der Waals surface area contributed by atoms with Crippen molar-refractivity contribution in [3.8, 4) is 5.75 Å². The monoisotopic (exact) mass is 181 g/mol. The van der Waals surface area contributed by atoms with Gasteiger partial charge in [-0.1, -0.05) is 12.1 Å². The van der Waals surface area contributed by atoms with Crippen molar-refractivity contribution in [2.24, 2.45) is 11.7 Å². The minimum Gasteiger partial charge on any atom is -0.508 e. The smallest absolute Gasteiger partial charge is 0.115 e. The molecule has 0 saturated heterocycles. The largest absolute Gasteiger partial charge is 0.508 e. The van der Waals surface area contributed by atoms with Crippen LogP contribution in [0.15, 0.2) is 24.3 Å². The fraction of sp³-hybridized carbons (Fsp3) is 0.400. The molecule has 0 spiro atoms. The molecule has 0 aromatic heterocycles. The Bertz CT molecular complexity index is 242. The van der Waals surface area contributed by atoms with Crippen LogP contribution in [0.2, 0.25) is 0 Å². The summed E-state index contributed by atoms with van der Waals surface area (Å²) >= 11 is 0. The average Bonchev–Trinajstić information content (AvgIpc) is 2.17. The molecule has 4 N–H and O–H groups in total. The van der Waals surface area contributed by atoms with Crippen LogP contribution in [0.5, 0.6) is 5.75 Å². The minimum atomic E-state index is 0.109. The van der Waals surface area contributed by atoms with Crippen molar-refractivity contribution in [3.63, 3.8) is 0 Å². The van der Waals surface area contributed by atoms with E-state index in [9.17, 15) is 0 Å². The van der Waals surface area contributed by atoms with Gasteiger partial charge in [0.1, 0.15) is 5.75 Å². The van der Waals surface area contributed by atoms with E-state index in [1.54, 1.807) is 12.1 Å². The lowest BCUT2D eigenvalue weighted by atomic mass is 10.0. The number of hydrogen-bond acceptors (Lipinski definition) is 3. The predicted molar refractivity (Wildman–Crippen MR) is 51.4 cm³/mol. The summed E-state index contributed by atoms with van der Waals surface area (Å²) in [5.41, 5.74) is 6.54. The topological polar surface area (TPSA) is 66.5 Å². The highest BCUT2D eigenvalue weighted by molar-refractivity contribution is 5.26. The molecule has 1 aromatic carbocycles. The fourth-order valence-corrected chi connectivity index (χ4v) is 1.19. The van der Waals surface area contributed by atoms with Crippen LogP contribution in [-0.2, 0) is 6.42 Å². The Morgan fingerprint density at radius 2 is 1.85 bits per heavy atom. The highest BCUT2D eigenvalue weighted by Gasteiger charge is 2.05. The first-order valence-corrected chi connectivity index (χ1v) is 4.35. The van der Waals surface area contributed by atoms with Gasteiger partial charge >= 0.3 is 0 Å². The Labute approximate surface area is 77.8 Å². The zero-order chi connectivity index (χ0) is 9.68. The van der Waals surface area contributed by atoms with Crippen LogP contribution in [0.1, 0.15) is 5.56 Å². The van der Waals surface area contributed by atoms with E-state index in [0.717, 1.165) is 12.0 Å². The van der Waals surface area contributed by atoms with Gasteiger partial charge in [-0.15, -0.1) is 0 Å². The molecular weight excluding hydrogens is 166 g/mol. The van der Waals surface area contributed by atoms with E-state index in [1.807, 2.05) is 12.1 Å². The summed E-state index contributed by atoms with van der Waals surface area (Å²) in [6.45, 7) is 0.592. The molecule has 0 amide bonds. The Morgan fingerprint density at radius 3 is 2.31 bits per heavy atom. The van der Waals surface area contributed by atoms with Crippen molar-refractivity contribution < 1.29 is 10.2 Å². The van der Waals surface area contributed by atoms with Crippen LogP contribution in [-0.4, -0.2) is 23.4 Å². The van der Waals surface area contributed by atoms with Gasteiger partial charge in [0.2, 0.25) is 0 Å². The van der Waals surface area contributed by atoms with Crippen molar-refractivity contribution in [1.82, 2.24) is 0 Å². The van der Waals surface area contributed by atoms with E-state index in [1.165, 1.54) is 0 Å². The highest BCUT2D eigenvalue weighted by atomic mass is 16.3. The predicted octanol–water partition coefficient (Wildman–Crippen LogP) is 0.502. The molecule has 0 fully saturated rings. The molecule has 1 aromatic rings. The van der Waals surface area contributed by atoms with E-state index in [0.29, 0.717) is 6.54 Å². The third-order valence-corrected chi connectivity index (χ3v) is 2.05. The Balaban J connectivity index is 2.58. The van der Waals surface area contributed by atoms with Crippen LogP contribution in [0.4, 0.5) is 0 Å². The normalized spacial score (nSPS) is 12.8. The summed E-state index contributed by atoms with van der Waals surface area (Å²) in [5.74, 6) is 0.376. The first-order valence-electron chi connectivity index (χ1n) is 4.35. The van der Waals surface area contributed by atoms with Crippen molar-refractivity contribution >= 4 is 0 Å². The number of benzene rings is 1. The van der Waals surface area contributed by atoms with E-state index < -0.39 is 0 Å². The van der Waals surface area contributed by atoms with E-state index in [-0.39, 0.29) is 18.3 Å². The second-order valence-electron chi connectivity index (χ2n) is 3.15. The first-order chi connectivity index (χ1) is 6.26. The molecule has 1 unspecified atom stereocenters. The summed E-state index contributed by atoms with van der Waals surface area (Å²) in [5, 5.41) is 17.9. The zero-order valence-corrected chi connectivity index (χ0v) is 7.48. The molecule has 1 rings (SSSR count). The number of aromatic hydroxyl groups is 1. The van der Waals surface area contributed by atoms with Gasteiger partial charge in [0.15, 0.2) is 0 Å². The van der Waals surface area contributed by atoms with Crippen molar-refractivity contribution in [2.45, 2.75) is 6.42 Å². The third kappa shape index (κ3) is 3.05. The van der Waals surface area contributed by atoms with E-state index in [4.69, 9.17) is 15.9 Å². The van der Waals surface area contributed by atoms with Crippen LogP contribution in [0.25, 0.3) is 0 Å². The molecule has 0 aliphatic rings. The lowest BCUT2D eigenvalue weighted by molar-refractivity contribution is 0.230. The summed E-state index contributed by atoms with van der Waals surface area (Å²) in [6.07, 6.45) is 0.757. The summed E-state index contributed by atoms with van der Waals surface area (Å²) in [6, 6.07) is 6.96. The molecule has 0 heterocycles. The quantitative estimate of drug-likeness (QED) is 0.633. The maximum absolute atomic E-state index is 9.03. The van der Waals surface area contributed by atoms with Crippen LogP contribution in [0.3, 0.4) is 0 Å². The molecule has 13 heavy (non-hydrogen) atoms. The van der Waals surface area contributed by atoms with Gasteiger partial charge in [-0.3, -0.25) is 0 Å².